The van der Waals surface area contributed by atoms with Gasteiger partial charge in [0.2, 0.25) is 0 Å². The number of nitrogens with one attached hydrogen (secondary N) is 1. The van der Waals surface area contributed by atoms with Gasteiger partial charge in [0.25, 0.3) is 0 Å². The topological polar surface area (TPSA) is 72.7 Å². The SMILES string of the molecule is O=C(c1ccccc1)c1ccccc1NC=Cc1nnnn1-c1ccccc1. The molecular formula is C22H17N5O. The van der Waals surface area contributed by atoms with Gasteiger partial charge in [0.15, 0.2) is 11.6 Å². The zero-order valence-electron chi connectivity index (χ0n) is 14.9. The van der Waals surface area contributed by atoms with E-state index in [-0.39, 0.29) is 5.78 Å². The van der Waals surface area contributed by atoms with E-state index in [4.69, 9.17) is 0 Å². The highest BCUT2D eigenvalue weighted by Gasteiger charge is 2.12. The third-order valence-electron chi connectivity index (χ3n) is 4.17. The van der Waals surface area contributed by atoms with Crippen LogP contribution in [-0.4, -0.2) is 26.0 Å². The van der Waals surface area contributed by atoms with E-state index in [0.717, 1.165) is 5.69 Å². The highest BCUT2D eigenvalue weighted by atomic mass is 16.1. The summed E-state index contributed by atoms with van der Waals surface area (Å²) < 4.78 is 1.64. The number of anilines is 1. The van der Waals surface area contributed by atoms with Crippen LogP contribution in [0.15, 0.2) is 91.1 Å². The minimum absolute atomic E-state index is 0.0359. The summed E-state index contributed by atoms with van der Waals surface area (Å²) in [6.07, 6.45) is 3.49. The molecule has 0 saturated carbocycles. The summed E-state index contributed by atoms with van der Waals surface area (Å²) in [6.45, 7) is 0. The van der Waals surface area contributed by atoms with Crippen molar-refractivity contribution >= 4 is 17.5 Å². The Morgan fingerprint density at radius 1 is 0.857 bits per heavy atom. The molecule has 28 heavy (non-hydrogen) atoms. The standard InChI is InChI=1S/C22H17N5O/c28-22(17-9-3-1-4-10-17)19-13-7-8-14-20(19)23-16-15-21-24-25-26-27(21)18-11-5-2-6-12-18/h1-16,23H. The van der Waals surface area contributed by atoms with Gasteiger partial charge in [0, 0.05) is 29.1 Å². The molecule has 0 amide bonds. The van der Waals surface area contributed by atoms with Crippen LogP contribution in [0.5, 0.6) is 0 Å². The molecule has 3 aromatic carbocycles. The number of ketones is 1. The largest absolute Gasteiger partial charge is 0.361 e. The summed E-state index contributed by atoms with van der Waals surface area (Å²) in [7, 11) is 0. The van der Waals surface area contributed by atoms with E-state index >= 15 is 0 Å². The molecule has 1 aromatic heterocycles. The van der Waals surface area contributed by atoms with Gasteiger partial charge in [0.05, 0.1) is 5.69 Å². The van der Waals surface area contributed by atoms with E-state index in [1.165, 1.54) is 0 Å². The zero-order chi connectivity index (χ0) is 19.2. The Bertz CT molecular complexity index is 1100. The van der Waals surface area contributed by atoms with Crippen molar-refractivity contribution in [3.05, 3.63) is 108 Å². The number of hydrogen-bond donors (Lipinski definition) is 1. The summed E-state index contributed by atoms with van der Waals surface area (Å²) in [6, 6.07) is 26.2. The van der Waals surface area contributed by atoms with E-state index in [9.17, 15) is 4.79 Å². The van der Waals surface area contributed by atoms with Gasteiger partial charge < -0.3 is 5.32 Å². The van der Waals surface area contributed by atoms with Crippen molar-refractivity contribution in [2.75, 3.05) is 5.32 Å². The first kappa shape index (κ1) is 17.4. The maximum absolute atomic E-state index is 12.8. The number of aromatic nitrogens is 4. The number of carbonyl (C=O) groups excluding carboxylic acids is 1. The molecule has 136 valence electrons. The predicted octanol–water partition coefficient (Wildman–Crippen LogP) is 3.98. The van der Waals surface area contributed by atoms with Crippen molar-refractivity contribution in [1.82, 2.24) is 20.2 Å². The first-order valence-electron chi connectivity index (χ1n) is 8.78. The van der Waals surface area contributed by atoms with Crippen LogP contribution in [-0.2, 0) is 0 Å². The van der Waals surface area contributed by atoms with Gasteiger partial charge in [-0.3, -0.25) is 4.79 Å². The second-order valence-corrected chi connectivity index (χ2v) is 6.00. The molecule has 1 N–H and O–H groups in total. The molecule has 4 aromatic rings. The van der Waals surface area contributed by atoms with E-state index in [2.05, 4.69) is 20.8 Å². The quantitative estimate of drug-likeness (QED) is 0.522. The number of nitrogens with zero attached hydrogens (tertiary/aromatic N) is 4. The number of para-hydroxylation sites is 2. The minimum atomic E-state index is -0.0359. The van der Waals surface area contributed by atoms with Crippen LogP contribution in [0.3, 0.4) is 0 Å². The molecule has 6 nitrogen and oxygen atoms in total. The fourth-order valence-electron chi connectivity index (χ4n) is 2.81. The molecule has 4 rings (SSSR count). The Balaban J connectivity index is 1.56. The van der Waals surface area contributed by atoms with Gasteiger partial charge in [-0.1, -0.05) is 60.7 Å². The summed E-state index contributed by atoms with van der Waals surface area (Å²) in [5, 5.41) is 15.0. The van der Waals surface area contributed by atoms with E-state index in [1.807, 2.05) is 78.9 Å². The lowest BCUT2D eigenvalue weighted by molar-refractivity contribution is 0.103. The summed E-state index contributed by atoms with van der Waals surface area (Å²) in [4.78, 5) is 12.8. The summed E-state index contributed by atoms with van der Waals surface area (Å²) in [5.41, 5.74) is 2.83. The molecule has 0 radical (unpaired) electrons. The van der Waals surface area contributed by atoms with Gasteiger partial charge in [-0.15, -0.1) is 5.10 Å². The van der Waals surface area contributed by atoms with Gasteiger partial charge in [-0.05, 0) is 34.7 Å². The molecule has 0 aliphatic heterocycles. The molecule has 0 spiro atoms. The maximum atomic E-state index is 12.8. The van der Waals surface area contributed by atoms with Crippen LogP contribution in [0.2, 0.25) is 0 Å². The lowest BCUT2D eigenvalue weighted by Gasteiger charge is -2.08. The van der Waals surface area contributed by atoms with Crippen molar-refractivity contribution < 1.29 is 4.79 Å². The van der Waals surface area contributed by atoms with Crippen LogP contribution >= 0.6 is 0 Å². The predicted molar refractivity (Wildman–Crippen MR) is 108 cm³/mol. The highest BCUT2D eigenvalue weighted by molar-refractivity contribution is 6.12. The fourth-order valence-corrected chi connectivity index (χ4v) is 2.81. The number of benzene rings is 3. The molecule has 0 atom stereocenters. The van der Waals surface area contributed by atoms with Crippen molar-refractivity contribution in [2.45, 2.75) is 0 Å². The van der Waals surface area contributed by atoms with E-state index in [0.29, 0.717) is 22.6 Å². The third kappa shape index (κ3) is 3.71. The smallest absolute Gasteiger partial charge is 0.195 e. The van der Waals surface area contributed by atoms with Crippen molar-refractivity contribution in [3.63, 3.8) is 0 Å². The normalized spacial score (nSPS) is 10.9. The maximum Gasteiger partial charge on any atom is 0.195 e. The molecule has 0 aliphatic rings. The molecule has 0 unspecified atom stereocenters. The van der Waals surface area contributed by atoms with Crippen LogP contribution in [0, 0.1) is 0 Å². The number of rotatable bonds is 6. The number of hydrogen-bond acceptors (Lipinski definition) is 5. The lowest BCUT2D eigenvalue weighted by Crippen LogP contribution is -2.05. The minimum Gasteiger partial charge on any atom is -0.361 e. The Morgan fingerprint density at radius 2 is 1.54 bits per heavy atom. The van der Waals surface area contributed by atoms with Gasteiger partial charge >= 0.3 is 0 Å². The first-order valence-corrected chi connectivity index (χ1v) is 8.78. The van der Waals surface area contributed by atoms with Crippen LogP contribution < -0.4 is 5.32 Å². The van der Waals surface area contributed by atoms with E-state index < -0.39 is 0 Å². The third-order valence-corrected chi connectivity index (χ3v) is 4.17. The van der Waals surface area contributed by atoms with Gasteiger partial charge in [-0.2, -0.15) is 4.68 Å². The number of tetrazole rings is 1. The van der Waals surface area contributed by atoms with Crippen LogP contribution in [0.1, 0.15) is 21.7 Å². The summed E-state index contributed by atoms with van der Waals surface area (Å²) in [5.74, 6) is 0.539. The molecule has 6 heteroatoms. The molecule has 0 aliphatic carbocycles. The van der Waals surface area contributed by atoms with Gasteiger partial charge in [-0.25, -0.2) is 0 Å². The van der Waals surface area contributed by atoms with Crippen LogP contribution in [0.25, 0.3) is 11.8 Å². The zero-order valence-corrected chi connectivity index (χ0v) is 14.9. The van der Waals surface area contributed by atoms with E-state index in [1.54, 1.807) is 23.0 Å². The molecule has 0 bridgehead atoms. The molecule has 1 heterocycles. The first-order chi connectivity index (χ1) is 13.8. The lowest BCUT2D eigenvalue weighted by atomic mass is 10.0. The fraction of sp³-hybridized carbons (Fsp3) is 0. The average molecular weight is 367 g/mol. The van der Waals surface area contributed by atoms with Crippen molar-refractivity contribution in [1.29, 1.82) is 0 Å². The Kier molecular flexibility index (Phi) is 5.02. The van der Waals surface area contributed by atoms with Crippen molar-refractivity contribution in [3.8, 4) is 5.69 Å². The highest BCUT2D eigenvalue weighted by Crippen LogP contribution is 2.19. The second kappa shape index (κ2) is 8.09. The monoisotopic (exact) mass is 367 g/mol. The van der Waals surface area contributed by atoms with Crippen molar-refractivity contribution in [2.24, 2.45) is 0 Å². The molecule has 0 saturated heterocycles. The summed E-state index contributed by atoms with van der Waals surface area (Å²) >= 11 is 0. The second-order valence-electron chi connectivity index (χ2n) is 6.00. The van der Waals surface area contributed by atoms with Gasteiger partial charge in [0.1, 0.15) is 0 Å². The molecular weight excluding hydrogens is 350 g/mol. The average Bonchev–Trinajstić information content (AvgIpc) is 3.23. The Hall–Kier alpha value is -4.06. The van der Waals surface area contributed by atoms with Crippen LogP contribution in [0.4, 0.5) is 5.69 Å². The number of carbonyl (C=O) groups is 1. The Morgan fingerprint density at radius 3 is 2.32 bits per heavy atom. The molecule has 0 fully saturated rings. The Labute approximate surface area is 162 Å².